The minimum atomic E-state index is 0.318. The van der Waals surface area contributed by atoms with E-state index < -0.39 is 0 Å². The lowest BCUT2D eigenvalue weighted by atomic mass is 10.2. The maximum absolute atomic E-state index is 6.17. The van der Waals surface area contributed by atoms with Gasteiger partial charge >= 0.3 is 0 Å². The van der Waals surface area contributed by atoms with Crippen LogP contribution in [0.4, 0.5) is 0 Å². The smallest absolute Gasteiger partial charge is 0.231 e. The molecule has 0 saturated carbocycles. The molecular weight excluding hydrogens is 372 g/mol. The fourth-order valence-corrected chi connectivity index (χ4v) is 4.11. The van der Waals surface area contributed by atoms with Gasteiger partial charge in [-0.1, -0.05) is 11.6 Å². The van der Waals surface area contributed by atoms with Crippen molar-refractivity contribution in [1.29, 1.82) is 0 Å². The highest BCUT2D eigenvalue weighted by molar-refractivity contribution is 7.18. The van der Waals surface area contributed by atoms with Gasteiger partial charge in [0, 0.05) is 24.2 Å². The summed E-state index contributed by atoms with van der Waals surface area (Å²) >= 11 is 7.83. The van der Waals surface area contributed by atoms with E-state index in [2.05, 4.69) is 23.7 Å². The predicted molar refractivity (Wildman–Crippen MR) is 102 cm³/mol. The van der Waals surface area contributed by atoms with Crippen LogP contribution >= 0.6 is 22.9 Å². The van der Waals surface area contributed by atoms with E-state index in [9.17, 15) is 0 Å². The van der Waals surface area contributed by atoms with Crippen molar-refractivity contribution in [1.82, 2.24) is 19.9 Å². The van der Waals surface area contributed by atoms with Crippen molar-refractivity contribution < 1.29 is 9.47 Å². The van der Waals surface area contributed by atoms with Crippen molar-refractivity contribution >= 4 is 33.2 Å². The van der Waals surface area contributed by atoms with Gasteiger partial charge in [-0.05, 0) is 31.5 Å². The summed E-state index contributed by atoms with van der Waals surface area (Å²) in [6.45, 7) is 8.08. The lowest BCUT2D eigenvalue weighted by Gasteiger charge is -2.25. The van der Waals surface area contributed by atoms with Gasteiger partial charge in [-0.25, -0.2) is 9.97 Å². The molecule has 0 N–H and O–H groups in total. The highest BCUT2D eigenvalue weighted by Gasteiger charge is 2.19. The Morgan fingerprint density at radius 3 is 2.85 bits per heavy atom. The van der Waals surface area contributed by atoms with Crippen LogP contribution in [0, 0.1) is 13.8 Å². The number of nitrogens with zero attached hydrogens (tertiary/aromatic N) is 4. The molecule has 0 aromatic carbocycles. The molecule has 6 nitrogen and oxygen atoms in total. The predicted octanol–water partition coefficient (Wildman–Crippen LogP) is 3.98. The normalized spacial score (nSPS) is 15.5. The minimum Gasteiger partial charge on any atom is -0.435 e. The summed E-state index contributed by atoms with van der Waals surface area (Å²) in [6, 6.07) is 3.58. The monoisotopic (exact) mass is 390 g/mol. The molecule has 0 spiro atoms. The van der Waals surface area contributed by atoms with Crippen molar-refractivity contribution in [2.45, 2.75) is 20.4 Å². The number of aromatic nitrogens is 3. The van der Waals surface area contributed by atoms with E-state index >= 15 is 0 Å². The molecule has 8 heteroatoms. The number of rotatable bonds is 4. The number of thiophene rings is 1. The molecule has 1 aliphatic heterocycles. The second-order valence-electron chi connectivity index (χ2n) is 6.19. The van der Waals surface area contributed by atoms with Crippen LogP contribution in [0.15, 0.2) is 18.3 Å². The number of morpholine rings is 1. The molecular formula is C18H19ClN4O2S. The number of hydrogen-bond acceptors (Lipinski definition) is 7. The quantitative estimate of drug-likeness (QED) is 0.628. The minimum absolute atomic E-state index is 0.318. The van der Waals surface area contributed by atoms with Gasteiger partial charge in [0.25, 0.3) is 0 Å². The van der Waals surface area contributed by atoms with Gasteiger partial charge in [-0.2, -0.15) is 4.98 Å². The van der Waals surface area contributed by atoms with E-state index in [1.807, 2.05) is 0 Å². The van der Waals surface area contributed by atoms with Crippen LogP contribution < -0.4 is 4.74 Å². The molecule has 0 atom stereocenters. The molecule has 1 fully saturated rings. The van der Waals surface area contributed by atoms with E-state index in [0.717, 1.165) is 47.9 Å². The van der Waals surface area contributed by atoms with E-state index in [4.69, 9.17) is 31.0 Å². The first-order valence-corrected chi connectivity index (χ1v) is 9.66. The fourth-order valence-electron chi connectivity index (χ4n) is 2.91. The standard InChI is InChI=1S/C18H19ClN4O2S/c1-11-12(2)26-18-15(11)17(25-13-4-3-5-20-16(13)19)21-14(22-18)10-23-6-8-24-9-7-23/h3-5H,6-10H2,1-2H3. The number of aryl methyl sites for hydroxylation is 2. The summed E-state index contributed by atoms with van der Waals surface area (Å²) in [7, 11) is 0. The Morgan fingerprint density at radius 2 is 2.08 bits per heavy atom. The van der Waals surface area contributed by atoms with Crippen LogP contribution in [0.2, 0.25) is 5.15 Å². The van der Waals surface area contributed by atoms with Crippen molar-refractivity contribution in [2.24, 2.45) is 0 Å². The second kappa shape index (κ2) is 7.44. The zero-order valence-corrected chi connectivity index (χ0v) is 16.2. The van der Waals surface area contributed by atoms with Crippen LogP contribution in [-0.2, 0) is 11.3 Å². The summed E-state index contributed by atoms with van der Waals surface area (Å²) in [5, 5.41) is 1.26. The lowest BCUT2D eigenvalue weighted by Crippen LogP contribution is -2.36. The Balaban J connectivity index is 1.74. The summed E-state index contributed by atoms with van der Waals surface area (Å²) in [4.78, 5) is 18.0. The molecule has 136 valence electrons. The molecule has 3 aromatic rings. The van der Waals surface area contributed by atoms with E-state index in [1.165, 1.54) is 4.88 Å². The maximum Gasteiger partial charge on any atom is 0.231 e. The Bertz CT molecular complexity index is 940. The van der Waals surface area contributed by atoms with E-state index in [0.29, 0.717) is 23.3 Å². The van der Waals surface area contributed by atoms with Gasteiger partial charge in [-0.15, -0.1) is 11.3 Å². The van der Waals surface area contributed by atoms with Gasteiger partial charge < -0.3 is 9.47 Å². The molecule has 0 amide bonds. The average Bonchev–Trinajstić information content (AvgIpc) is 2.92. The van der Waals surface area contributed by atoms with Crippen molar-refractivity contribution in [2.75, 3.05) is 26.3 Å². The van der Waals surface area contributed by atoms with Gasteiger partial charge in [0.15, 0.2) is 10.9 Å². The SMILES string of the molecule is Cc1sc2nc(CN3CCOCC3)nc(Oc3cccnc3Cl)c2c1C. The molecule has 4 rings (SSSR count). The summed E-state index contributed by atoms with van der Waals surface area (Å²) < 4.78 is 11.5. The summed E-state index contributed by atoms with van der Waals surface area (Å²) in [6.07, 6.45) is 1.63. The highest BCUT2D eigenvalue weighted by Crippen LogP contribution is 2.37. The molecule has 0 unspecified atom stereocenters. The Labute approximate surface area is 160 Å². The highest BCUT2D eigenvalue weighted by atomic mass is 35.5. The third-order valence-electron chi connectivity index (χ3n) is 4.44. The van der Waals surface area contributed by atoms with Crippen molar-refractivity contribution in [3.8, 4) is 11.6 Å². The Kier molecular flexibility index (Phi) is 5.04. The number of halogens is 1. The maximum atomic E-state index is 6.17. The third kappa shape index (κ3) is 3.53. The first-order chi connectivity index (χ1) is 12.6. The molecule has 4 heterocycles. The average molecular weight is 391 g/mol. The lowest BCUT2D eigenvalue weighted by molar-refractivity contribution is 0.0330. The fraction of sp³-hybridized carbons (Fsp3) is 0.389. The zero-order chi connectivity index (χ0) is 18.1. The number of ether oxygens (including phenoxy) is 2. The molecule has 0 aliphatic carbocycles. The largest absolute Gasteiger partial charge is 0.435 e. The Hall–Kier alpha value is -1.80. The van der Waals surface area contributed by atoms with E-state index in [-0.39, 0.29) is 0 Å². The van der Waals surface area contributed by atoms with Crippen molar-refractivity contribution in [3.63, 3.8) is 0 Å². The van der Waals surface area contributed by atoms with Gasteiger partial charge in [0.2, 0.25) is 5.88 Å². The van der Waals surface area contributed by atoms with Crippen LogP contribution in [-0.4, -0.2) is 46.2 Å². The molecule has 1 aliphatic rings. The van der Waals surface area contributed by atoms with Crippen molar-refractivity contribution in [3.05, 3.63) is 39.7 Å². The third-order valence-corrected chi connectivity index (χ3v) is 5.83. The van der Waals surface area contributed by atoms with Crippen LogP contribution in [0.5, 0.6) is 11.6 Å². The number of fused-ring (bicyclic) bond motifs is 1. The second-order valence-corrected chi connectivity index (χ2v) is 7.75. The molecule has 26 heavy (non-hydrogen) atoms. The first-order valence-electron chi connectivity index (χ1n) is 8.47. The van der Waals surface area contributed by atoms with Gasteiger partial charge in [0.1, 0.15) is 10.7 Å². The number of hydrogen-bond donors (Lipinski definition) is 0. The van der Waals surface area contributed by atoms with Crippen LogP contribution in [0.3, 0.4) is 0 Å². The van der Waals surface area contributed by atoms with E-state index in [1.54, 1.807) is 29.7 Å². The zero-order valence-electron chi connectivity index (χ0n) is 14.7. The summed E-state index contributed by atoms with van der Waals surface area (Å²) in [5.41, 5.74) is 1.14. The summed E-state index contributed by atoms with van der Waals surface area (Å²) in [5.74, 6) is 1.78. The topological polar surface area (TPSA) is 60.4 Å². The molecule has 1 saturated heterocycles. The first kappa shape index (κ1) is 17.6. The Morgan fingerprint density at radius 1 is 1.27 bits per heavy atom. The molecule has 0 radical (unpaired) electrons. The number of pyridine rings is 1. The van der Waals surface area contributed by atoms with Crippen LogP contribution in [0.1, 0.15) is 16.3 Å². The molecule has 0 bridgehead atoms. The molecule has 3 aromatic heterocycles. The van der Waals surface area contributed by atoms with Crippen LogP contribution in [0.25, 0.3) is 10.2 Å². The van der Waals surface area contributed by atoms with Gasteiger partial charge in [-0.3, -0.25) is 4.90 Å². The van der Waals surface area contributed by atoms with Gasteiger partial charge in [0.05, 0.1) is 25.1 Å².